The van der Waals surface area contributed by atoms with E-state index >= 15 is 0 Å². The minimum absolute atomic E-state index is 0.0548. The number of amides is 1. The Kier molecular flexibility index (Phi) is 4.28. The van der Waals surface area contributed by atoms with Gasteiger partial charge in [0.2, 0.25) is 0 Å². The third-order valence-electron chi connectivity index (χ3n) is 3.79. The first-order valence-corrected chi connectivity index (χ1v) is 7.42. The molecular formula is C18H19NO3. The Morgan fingerprint density at radius 2 is 1.86 bits per heavy atom. The van der Waals surface area contributed by atoms with Crippen molar-refractivity contribution in [3.8, 4) is 11.5 Å². The summed E-state index contributed by atoms with van der Waals surface area (Å²) in [5, 5.41) is 0. The molecule has 0 N–H and O–H groups in total. The molecule has 0 aromatic heterocycles. The van der Waals surface area contributed by atoms with Crippen LogP contribution in [0.5, 0.6) is 11.5 Å². The number of rotatable bonds is 5. The van der Waals surface area contributed by atoms with E-state index in [9.17, 15) is 4.79 Å². The fraction of sp³-hybridized carbons (Fsp3) is 0.278. The van der Waals surface area contributed by atoms with Crippen LogP contribution < -0.4 is 9.47 Å². The predicted molar refractivity (Wildman–Crippen MR) is 84.3 cm³/mol. The van der Waals surface area contributed by atoms with E-state index in [0.29, 0.717) is 23.7 Å². The first-order valence-electron chi connectivity index (χ1n) is 7.42. The molecule has 0 atom stereocenters. The number of methoxy groups -OCH3 is 1. The summed E-state index contributed by atoms with van der Waals surface area (Å²) in [6.45, 7) is 2.15. The molecule has 2 aromatic carbocycles. The van der Waals surface area contributed by atoms with Crippen LogP contribution in [0.3, 0.4) is 0 Å². The molecule has 2 aromatic rings. The molecule has 0 saturated carbocycles. The number of likely N-dealkylation sites (tertiary alicyclic amines) is 1. The van der Waals surface area contributed by atoms with Crippen molar-refractivity contribution in [2.45, 2.75) is 13.0 Å². The van der Waals surface area contributed by atoms with Crippen molar-refractivity contribution < 1.29 is 14.3 Å². The van der Waals surface area contributed by atoms with Gasteiger partial charge in [0.1, 0.15) is 6.61 Å². The first kappa shape index (κ1) is 14.4. The Balaban J connectivity index is 1.72. The summed E-state index contributed by atoms with van der Waals surface area (Å²) >= 11 is 0. The Bertz CT molecular complexity index is 651. The van der Waals surface area contributed by atoms with Crippen LogP contribution in [-0.2, 0) is 6.61 Å². The summed E-state index contributed by atoms with van der Waals surface area (Å²) in [6, 6.07) is 15.3. The number of benzene rings is 2. The van der Waals surface area contributed by atoms with E-state index in [1.54, 1.807) is 25.3 Å². The molecule has 114 valence electrons. The molecule has 4 nitrogen and oxygen atoms in total. The van der Waals surface area contributed by atoms with Gasteiger partial charge in [-0.2, -0.15) is 0 Å². The highest BCUT2D eigenvalue weighted by Gasteiger charge is 2.22. The predicted octanol–water partition coefficient (Wildman–Crippen LogP) is 3.12. The molecule has 0 radical (unpaired) electrons. The van der Waals surface area contributed by atoms with Gasteiger partial charge in [0.25, 0.3) is 5.91 Å². The van der Waals surface area contributed by atoms with Crippen molar-refractivity contribution in [2.75, 3.05) is 20.2 Å². The second kappa shape index (κ2) is 6.52. The van der Waals surface area contributed by atoms with Gasteiger partial charge in [-0.3, -0.25) is 4.79 Å². The van der Waals surface area contributed by atoms with Gasteiger partial charge in [0, 0.05) is 18.7 Å². The number of carbonyl (C=O) groups excluding carboxylic acids is 1. The molecule has 0 unspecified atom stereocenters. The molecule has 1 aliphatic heterocycles. The minimum atomic E-state index is 0.0548. The Hall–Kier alpha value is -2.49. The largest absolute Gasteiger partial charge is 0.493 e. The summed E-state index contributed by atoms with van der Waals surface area (Å²) in [5.41, 5.74) is 1.73. The zero-order valence-corrected chi connectivity index (χ0v) is 12.6. The van der Waals surface area contributed by atoms with E-state index in [4.69, 9.17) is 9.47 Å². The van der Waals surface area contributed by atoms with E-state index in [-0.39, 0.29) is 5.91 Å². The maximum absolute atomic E-state index is 12.2. The maximum atomic E-state index is 12.2. The van der Waals surface area contributed by atoms with Crippen molar-refractivity contribution in [2.24, 2.45) is 0 Å². The standard InChI is InChI=1S/C18H19NO3/c1-21-17-12-15(18(20)19-10-5-11-19)8-9-16(17)22-13-14-6-3-2-4-7-14/h2-4,6-9,12H,5,10-11,13H2,1H3. The number of nitrogens with zero attached hydrogens (tertiary/aromatic N) is 1. The van der Waals surface area contributed by atoms with E-state index in [0.717, 1.165) is 25.1 Å². The summed E-state index contributed by atoms with van der Waals surface area (Å²) in [6.07, 6.45) is 1.08. The van der Waals surface area contributed by atoms with Gasteiger partial charge in [-0.1, -0.05) is 30.3 Å². The fourth-order valence-corrected chi connectivity index (χ4v) is 2.36. The van der Waals surface area contributed by atoms with E-state index in [1.807, 2.05) is 35.2 Å². The summed E-state index contributed by atoms with van der Waals surface area (Å²) in [4.78, 5) is 14.0. The average Bonchev–Trinajstić information content (AvgIpc) is 2.52. The highest BCUT2D eigenvalue weighted by Crippen LogP contribution is 2.29. The van der Waals surface area contributed by atoms with Gasteiger partial charge in [-0.15, -0.1) is 0 Å². The monoisotopic (exact) mass is 297 g/mol. The van der Waals surface area contributed by atoms with Crippen LogP contribution in [0.2, 0.25) is 0 Å². The summed E-state index contributed by atoms with van der Waals surface area (Å²) in [7, 11) is 1.59. The third-order valence-corrected chi connectivity index (χ3v) is 3.79. The normalized spacial score (nSPS) is 13.4. The molecule has 1 saturated heterocycles. The lowest BCUT2D eigenvalue weighted by atomic mass is 10.1. The molecule has 0 bridgehead atoms. The number of hydrogen-bond acceptors (Lipinski definition) is 3. The SMILES string of the molecule is COc1cc(C(=O)N2CCC2)ccc1OCc1ccccc1. The lowest BCUT2D eigenvalue weighted by Gasteiger charge is -2.31. The zero-order valence-electron chi connectivity index (χ0n) is 12.6. The van der Waals surface area contributed by atoms with Crippen molar-refractivity contribution in [1.29, 1.82) is 0 Å². The third kappa shape index (κ3) is 3.06. The summed E-state index contributed by atoms with van der Waals surface area (Å²) in [5.74, 6) is 1.29. The molecule has 1 fully saturated rings. The summed E-state index contributed by atoms with van der Waals surface area (Å²) < 4.78 is 11.2. The van der Waals surface area contributed by atoms with E-state index < -0.39 is 0 Å². The van der Waals surface area contributed by atoms with Gasteiger partial charge in [0.15, 0.2) is 11.5 Å². The van der Waals surface area contributed by atoms with Crippen LogP contribution in [0.15, 0.2) is 48.5 Å². The van der Waals surface area contributed by atoms with Gasteiger partial charge < -0.3 is 14.4 Å². The van der Waals surface area contributed by atoms with Crippen molar-refractivity contribution in [3.63, 3.8) is 0 Å². The highest BCUT2D eigenvalue weighted by atomic mass is 16.5. The van der Waals surface area contributed by atoms with Gasteiger partial charge in [0.05, 0.1) is 7.11 Å². The van der Waals surface area contributed by atoms with Crippen LogP contribution >= 0.6 is 0 Å². The minimum Gasteiger partial charge on any atom is -0.493 e. The average molecular weight is 297 g/mol. The number of ether oxygens (including phenoxy) is 2. The zero-order chi connectivity index (χ0) is 15.4. The molecule has 0 spiro atoms. The Morgan fingerprint density at radius 1 is 1.09 bits per heavy atom. The molecule has 1 heterocycles. The molecule has 0 aliphatic carbocycles. The molecule has 1 amide bonds. The van der Waals surface area contributed by atoms with Gasteiger partial charge in [-0.25, -0.2) is 0 Å². The quantitative estimate of drug-likeness (QED) is 0.851. The van der Waals surface area contributed by atoms with Crippen LogP contribution in [0.1, 0.15) is 22.3 Å². The molecule has 4 heteroatoms. The van der Waals surface area contributed by atoms with Gasteiger partial charge >= 0.3 is 0 Å². The first-order chi connectivity index (χ1) is 10.8. The molecular weight excluding hydrogens is 278 g/mol. The fourth-order valence-electron chi connectivity index (χ4n) is 2.36. The Labute approximate surface area is 130 Å². The maximum Gasteiger partial charge on any atom is 0.253 e. The number of hydrogen-bond donors (Lipinski definition) is 0. The van der Waals surface area contributed by atoms with Crippen molar-refractivity contribution >= 4 is 5.91 Å². The van der Waals surface area contributed by atoms with E-state index in [1.165, 1.54) is 0 Å². The number of carbonyl (C=O) groups is 1. The second-order valence-electron chi connectivity index (χ2n) is 5.29. The van der Waals surface area contributed by atoms with Crippen molar-refractivity contribution in [1.82, 2.24) is 4.90 Å². The lowest BCUT2D eigenvalue weighted by Crippen LogP contribution is -2.41. The molecule has 1 aliphatic rings. The van der Waals surface area contributed by atoms with Gasteiger partial charge in [-0.05, 0) is 30.2 Å². The highest BCUT2D eigenvalue weighted by molar-refractivity contribution is 5.95. The second-order valence-corrected chi connectivity index (χ2v) is 5.29. The molecule has 22 heavy (non-hydrogen) atoms. The van der Waals surface area contributed by atoms with Crippen LogP contribution in [0.4, 0.5) is 0 Å². The smallest absolute Gasteiger partial charge is 0.253 e. The van der Waals surface area contributed by atoms with E-state index in [2.05, 4.69) is 0 Å². The van der Waals surface area contributed by atoms with Crippen LogP contribution in [-0.4, -0.2) is 31.0 Å². The van der Waals surface area contributed by atoms with Crippen molar-refractivity contribution in [3.05, 3.63) is 59.7 Å². The van der Waals surface area contributed by atoms with Crippen LogP contribution in [0, 0.1) is 0 Å². The Morgan fingerprint density at radius 3 is 2.50 bits per heavy atom. The van der Waals surface area contributed by atoms with Crippen LogP contribution in [0.25, 0.3) is 0 Å². The topological polar surface area (TPSA) is 38.8 Å². The lowest BCUT2D eigenvalue weighted by molar-refractivity contribution is 0.0651. The molecule has 3 rings (SSSR count).